The maximum Gasteiger partial charge on any atom is 0.191 e. The zero-order chi connectivity index (χ0) is 6.24. The summed E-state index contributed by atoms with van der Waals surface area (Å²) in [4.78, 5) is 0. The van der Waals surface area contributed by atoms with Gasteiger partial charge in [0.05, 0.1) is 0 Å². The number of hydrogen-bond acceptors (Lipinski definition) is 0. The summed E-state index contributed by atoms with van der Waals surface area (Å²) in [5.74, 6) is 4.42. The molecule has 0 saturated carbocycles. The highest BCUT2D eigenvalue weighted by atomic mass is 27.1. The largest absolute Gasteiger partial charge is 0.191 e. The van der Waals surface area contributed by atoms with Crippen LogP contribution < -0.4 is 0 Å². The van der Waals surface area contributed by atoms with Crippen molar-refractivity contribution in [2.75, 3.05) is 0 Å². The van der Waals surface area contributed by atoms with Crippen LogP contribution in [-0.2, 0) is 0 Å². The maximum atomic E-state index is 2.21. The van der Waals surface area contributed by atoms with Crippen LogP contribution in [0.3, 0.4) is 0 Å². The van der Waals surface area contributed by atoms with Gasteiger partial charge in [-0.1, -0.05) is 24.3 Å². The summed E-state index contributed by atoms with van der Waals surface area (Å²) in [5.41, 5.74) is 0. The fourth-order valence-corrected chi connectivity index (χ4v) is 0.393. The van der Waals surface area contributed by atoms with Crippen molar-refractivity contribution in [3.8, 4) is 0 Å². The lowest BCUT2D eigenvalue weighted by Gasteiger charge is -1.57. The first kappa shape index (κ1) is 8.01. The lowest BCUT2D eigenvalue weighted by Crippen LogP contribution is -1.53. The van der Waals surface area contributed by atoms with E-state index in [2.05, 4.69) is 35.9 Å². The molecule has 0 spiro atoms. The molecule has 0 aromatic rings. The molecule has 8 heavy (non-hydrogen) atoms. The third-order valence-corrected chi connectivity index (χ3v) is 0.655. The zero-order valence-corrected chi connectivity index (χ0v) is 6.75. The molecule has 0 aromatic heterocycles. The van der Waals surface area contributed by atoms with Crippen LogP contribution in [0.4, 0.5) is 0 Å². The predicted octanol–water partition coefficient (Wildman–Crippen LogP) is 2.29. The van der Waals surface area contributed by atoms with Crippen molar-refractivity contribution in [1.29, 1.82) is 0 Å². The maximum absolute atomic E-state index is 2.21. The molecule has 1 heteroatoms. The molecule has 0 bridgehead atoms. The monoisotopic (exact) mass is 123 g/mol. The molecular weight excluding hydrogens is 111 g/mol. The van der Waals surface area contributed by atoms with Gasteiger partial charge in [-0.2, -0.15) is 0 Å². The van der Waals surface area contributed by atoms with Crippen LogP contribution in [-0.4, -0.2) is 15.2 Å². The summed E-state index contributed by atoms with van der Waals surface area (Å²) in [6.07, 6.45) is 9.50. The van der Waals surface area contributed by atoms with Gasteiger partial charge in [0.1, 0.15) is 0 Å². The Bertz CT molecular complexity index is 72.4. The Labute approximate surface area is 58.0 Å². The van der Waals surface area contributed by atoms with E-state index in [1.54, 1.807) is 0 Å². The second-order valence-electron chi connectivity index (χ2n) is 1.67. The topological polar surface area (TPSA) is 0 Å². The van der Waals surface area contributed by atoms with Crippen LogP contribution >= 0.6 is 0 Å². The summed E-state index contributed by atoms with van der Waals surface area (Å²) >= 11 is 0.750. The van der Waals surface area contributed by atoms with E-state index in [1.165, 1.54) is 0 Å². The van der Waals surface area contributed by atoms with Crippen LogP contribution in [0.1, 0.15) is 6.42 Å². The fraction of sp³-hybridized carbons (Fsp3) is 0.429. The molecule has 0 unspecified atom stereocenters. The summed E-state index contributed by atoms with van der Waals surface area (Å²) in [5, 5.41) is 0. The second-order valence-corrected chi connectivity index (χ2v) is 2.82. The minimum atomic E-state index is 0.750. The van der Waals surface area contributed by atoms with Crippen molar-refractivity contribution < 1.29 is 0 Å². The van der Waals surface area contributed by atoms with E-state index >= 15 is 0 Å². The van der Waals surface area contributed by atoms with Crippen molar-refractivity contribution >= 4 is 15.2 Å². The second kappa shape index (κ2) is 7.01. The normalized spacial score (nSPS) is 12.8. The first-order valence-corrected chi connectivity index (χ1v) is 5.28. The number of hydrogen-bond donors (Lipinski definition) is 0. The van der Waals surface area contributed by atoms with Crippen molar-refractivity contribution in [2.45, 2.75) is 18.0 Å². The average Bonchev–Trinajstić information content (AvgIpc) is 2.17. The predicted molar refractivity (Wildman–Crippen MR) is 40.4 cm³/mol. The van der Waals surface area contributed by atoms with E-state index in [0.717, 1.165) is 21.6 Å². The van der Waals surface area contributed by atoms with Gasteiger partial charge in [-0.25, -0.2) is 0 Å². The average molecular weight is 123 g/mol. The van der Waals surface area contributed by atoms with Crippen LogP contribution in [0.2, 0.25) is 11.6 Å². The van der Waals surface area contributed by atoms with Crippen molar-refractivity contribution in [1.82, 2.24) is 0 Å². The van der Waals surface area contributed by atoms with E-state index < -0.39 is 0 Å². The van der Waals surface area contributed by atoms with Gasteiger partial charge in [0.15, 0.2) is 15.2 Å². The molecule has 1 radical (unpaired) electrons. The molecule has 1 aliphatic rings. The zero-order valence-electron chi connectivity index (χ0n) is 5.59. The summed E-state index contributed by atoms with van der Waals surface area (Å²) in [7, 11) is 0. The third kappa shape index (κ3) is 6.01. The van der Waals surface area contributed by atoms with Gasteiger partial charge in [0.25, 0.3) is 0 Å². The highest BCUT2D eigenvalue weighted by molar-refractivity contribution is 6.31. The number of rotatable bonds is 0. The standard InChI is InChI=1S/C5H6.2CH3.Al/c1-2-4-5-3-1;;;/h1-4H,5H2;2*1H3;. The molecule has 43 valence electrons. The fourth-order valence-electron chi connectivity index (χ4n) is 0.393. The minimum absolute atomic E-state index is 0.750. The quantitative estimate of drug-likeness (QED) is 0.433. The lowest BCUT2D eigenvalue weighted by atomic mass is 10.5. The molecule has 0 nitrogen and oxygen atoms in total. The molecule has 0 saturated heterocycles. The highest BCUT2D eigenvalue weighted by Gasteiger charge is 1.72. The van der Waals surface area contributed by atoms with Gasteiger partial charge in [0, 0.05) is 0 Å². The molecule has 0 atom stereocenters. The Kier molecular flexibility index (Phi) is 7.02. The van der Waals surface area contributed by atoms with Crippen molar-refractivity contribution in [2.24, 2.45) is 0 Å². The van der Waals surface area contributed by atoms with Gasteiger partial charge in [0.2, 0.25) is 0 Å². The number of allylic oxidation sites excluding steroid dienone is 4. The Hall–Kier alpha value is 0.0125. The van der Waals surface area contributed by atoms with Gasteiger partial charge >= 0.3 is 0 Å². The van der Waals surface area contributed by atoms with Crippen LogP contribution in [0, 0.1) is 0 Å². The molecule has 1 rings (SSSR count). The van der Waals surface area contributed by atoms with E-state index in [1.807, 2.05) is 0 Å². The van der Waals surface area contributed by atoms with Gasteiger partial charge in [-0.3, -0.25) is 0 Å². The Morgan fingerprint density at radius 1 is 1.12 bits per heavy atom. The minimum Gasteiger partial charge on any atom is -0.115 e. The summed E-state index contributed by atoms with van der Waals surface area (Å²) < 4.78 is 0. The first-order valence-electron chi connectivity index (χ1n) is 2.97. The van der Waals surface area contributed by atoms with Crippen LogP contribution in [0.5, 0.6) is 0 Å². The summed E-state index contributed by atoms with van der Waals surface area (Å²) in [6.45, 7) is 0. The highest BCUT2D eigenvalue weighted by Crippen LogP contribution is 1.93. The van der Waals surface area contributed by atoms with Gasteiger partial charge in [-0.15, -0.1) is 11.6 Å². The third-order valence-electron chi connectivity index (χ3n) is 0.655. The molecule has 0 aromatic carbocycles. The van der Waals surface area contributed by atoms with Crippen molar-refractivity contribution in [3.63, 3.8) is 0 Å². The Balaban J connectivity index is 0.000000145. The smallest absolute Gasteiger partial charge is 0.115 e. The van der Waals surface area contributed by atoms with Gasteiger partial charge < -0.3 is 0 Å². The van der Waals surface area contributed by atoms with E-state index in [4.69, 9.17) is 0 Å². The summed E-state index contributed by atoms with van der Waals surface area (Å²) in [6, 6.07) is 0. The van der Waals surface area contributed by atoms with E-state index in [9.17, 15) is 0 Å². The van der Waals surface area contributed by atoms with Crippen LogP contribution in [0.15, 0.2) is 24.3 Å². The Morgan fingerprint density at radius 3 is 1.62 bits per heavy atom. The molecule has 0 amide bonds. The molecule has 0 heterocycles. The van der Waals surface area contributed by atoms with Crippen molar-refractivity contribution in [3.05, 3.63) is 24.3 Å². The molecule has 1 aliphatic carbocycles. The first-order chi connectivity index (χ1) is 3.91. The SMILES string of the molecule is C1=CCC=C1.[CH3][Al][CH3]. The lowest BCUT2D eigenvalue weighted by molar-refractivity contribution is 1.45. The molecular formula is C7H12Al. The Morgan fingerprint density at radius 2 is 1.50 bits per heavy atom. The molecule has 0 N–H and O–H groups in total. The molecule has 0 fully saturated rings. The van der Waals surface area contributed by atoms with Gasteiger partial charge in [-0.05, 0) is 6.42 Å². The molecule has 0 aliphatic heterocycles. The van der Waals surface area contributed by atoms with Crippen LogP contribution in [0.25, 0.3) is 0 Å². The van der Waals surface area contributed by atoms with E-state index in [0.29, 0.717) is 0 Å². The van der Waals surface area contributed by atoms with E-state index in [-0.39, 0.29) is 0 Å².